The maximum absolute atomic E-state index is 9.25. The molecular weight excluding hydrogens is 598 g/mol. The van der Waals surface area contributed by atoms with E-state index in [9.17, 15) is 5.26 Å². The third-order valence-electron chi connectivity index (χ3n) is 9.47. The third-order valence-corrected chi connectivity index (χ3v) is 9.47. The molecule has 11 heteroatoms. The lowest BCUT2D eigenvalue weighted by Crippen LogP contribution is -2.41. The van der Waals surface area contributed by atoms with Gasteiger partial charge in [-0.2, -0.15) is 5.26 Å². The number of hydrogen-bond acceptors (Lipinski definition) is 8. The van der Waals surface area contributed by atoms with Crippen LogP contribution in [-0.4, -0.2) is 81.1 Å². The van der Waals surface area contributed by atoms with Crippen LogP contribution in [0.5, 0.6) is 0 Å². The first-order valence-corrected chi connectivity index (χ1v) is 16.2. The highest BCUT2D eigenvalue weighted by Gasteiger charge is 2.40. The summed E-state index contributed by atoms with van der Waals surface area (Å²) in [5.41, 5.74) is 13.2. The Balaban J connectivity index is 1.07. The van der Waals surface area contributed by atoms with E-state index in [1.54, 1.807) is 6.20 Å². The zero-order chi connectivity index (χ0) is 32.9. The second-order valence-corrected chi connectivity index (χ2v) is 12.5. The van der Waals surface area contributed by atoms with Crippen LogP contribution in [0.3, 0.4) is 0 Å². The fourth-order valence-electron chi connectivity index (χ4n) is 6.88. The molecule has 0 bridgehead atoms. The standard InChI is InChI=1S/C37H37N11/c1-40-25-42-33(22-38)43-26-47-21-17-37(24-47)15-19-46(20-16-37)23-27-9-11-29(12-10-27)48-35(30-8-5-18-41-34(30)39)45-32-14-13-31(44-36(32)48)28-6-3-2-4-7-28/h2-14,18,25H,1,15-17,19-21,23-24,26H2,(H2,39,41)/b42-25?,43-33-. The van der Waals surface area contributed by atoms with E-state index in [-0.39, 0.29) is 5.84 Å². The highest BCUT2D eigenvalue weighted by Crippen LogP contribution is 2.40. The molecule has 0 saturated carbocycles. The van der Waals surface area contributed by atoms with Crippen molar-refractivity contribution in [3.63, 3.8) is 0 Å². The number of benzene rings is 2. The number of hydrogen-bond donors (Lipinski definition) is 1. The number of rotatable bonds is 8. The second kappa shape index (κ2) is 13.7. The first-order chi connectivity index (χ1) is 23.5. The molecule has 0 amide bonds. The highest BCUT2D eigenvalue weighted by molar-refractivity contribution is 6.01. The minimum Gasteiger partial charge on any atom is -0.383 e. The van der Waals surface area contributed by atoms with Gasteiger partial charge in [0.15, 0.2) is 11.5 Å². The van der Waals surface area contributed by atoms with E-state index in [1.807, 2.05) is 48.5 Å². The van der Waals surface area contributed by atoms with E-state index >= 15 is 0 Å². The summed E-state index contributed by atoms with van der Waals surface area (Å²) in [6.07, 6.45) is 6.42. The van der Waals surface area contributed by atoms with E-state index in [0.29, 0.717) is 23.7 Å². The Hall–Kier alpha value is -5.57. The summed E-state index contributed by atoms with van der Waals surface area (Å²) in [6.45, 7) is 8.85. The molecule has 2 aliphatic rings. The molecule has 2 fully saturated rings. The number of piperidine rings is 1. The van der Waals surface area contributed by atoms with Gasteiger partial charge in [-0.15, -0.1) is 0 Å². The van der Waals surface area contributed by atoms with Crippen molar-refractivity contribution in [2.75, 3.05) is 38.6 Å². The van der Waals surface area contributed by atoms with Crippen LogP contribution in [0.4, 0.5) is 5.82 Å². The molecule has 0 unspecified atom stereocenters. The Morgan fingerprint density at radius 1 is 0.938 bits per heavy atom. The topological polar surface area (TPSA) is 137 Å². The zero-order valence-corrected chi connectivity index (χ0v) is 26.8. The molecule has 0 atom stereocenters. The molecule has 5 aromatic rings. The predicted molar refractivity (Wildman–Crippen MR) is 191 cm³/mol. The predicted octanol–water partition coefficient (Wildman–Crippen LogP) is 5.63. The summed E-state index contributed by atoms with van der Waals surface area (Å²) in [7, 11) is 0. The van der Waals surface area contributed by atoms with E-state index in [2.05, 4.69) is 77.4 Å². The number of pyridine rings is 2. The average Bonchev–Trinajstić information content (AvgIpc) is 3.71. The van der Waals surface area contributed by atoms with Gasteiger partial charge in [0.05, 0.1) is 17.9 Å². The summed E-state index contributed by atoms with van der Waals surface area (Å²) >= 11 is 0. The number of aromatic nitrogens is 4. The number of nitrogens with zero attached hydrogens (tertiary/aromatic N) is 10. The molecule has 3 aromatic heterocycles. The Morgan fingerprint density at radius 2 is 1.71 bits per heavy atom. The number of aliphatic imine (C=N–C) groups is 3. The lowest BCUT2D eigenvalue weighted by atomic mass is 9.77. The number of nitriles is 1. The van der Waals surface area contributed by atoms with Crippen molar-refractivity contribution >= 4 is 35.9 Å². The summed E-state index contributed by atoms with van der Waals surface area (Å²) in [5.74, 6) is 1.28. The molecule has 0 radical (unpaired) electrons. The van der Waals surface area contributed by atoms with Gasteiger partial charge in [0.1, 0.15) is 23.7 Å². The van der Waals surface area contributed by atoms with Gasteiger partial charge >= 0.3 is 0 Å². The van der Waals surface area contributed by atoms with Crippen molar-refractivity contribution in [3.8, 4) is 34.4 Å². The maximum Gasteiger partial charge on any atom is 0.230 e. The summed E-state index contributed by atoms with van der Waals surface area (Å²) in [6, 6.07) is 28.8. The van der Waals surface area contributed by atoms with Crippen LogP contribution >= 0.6 is 0 Å². The monoisotopic (exact) mass is 635 g/mol. The largest absolute Gasteiger partial charge is 0.383 e. The molecule has 240 valence electrons. The van der Waals surface area contributed by atoms with Crippen molar-refractivity contribution in [1.82, 2.24) is 29.3 Å². The number of nitrogens with two attached hydrogens (primary N) is 1. The van der Waals surface area contributed by atoms with Crippen molar-refractivity contribution < 1.29 is 0 Å². The normalized spacial score (nSPS) is 16.9. The zero-order valence-electron chi connectivity index (χ0n) is 26.8. The minimum absolute atomic E-state index is 0.135. The molecule has 0 aliphatic carbocycles. The molecule has 5 heterocycles. The lowest BCUT2D eigenvalue weighted by molar-refractivity contribution is 0.103. The molecule has 2 aliphatic heterocycles. The van der Waals surface area contributed by atoms with E-state index in [4.69, 9.17) is 15.7 Å². The Labute approximate surface area is 279 Å². The number of imidazole rings is 1. The molecule has 48 heavy (non-hydrogen) atoms. The van der Waals surface area contributed by atoms with Gasteiger partial charge in [0.25, 0.3) is 0 Å². The van der Waals surface area contributed by atoms with Gasteiger partial charge < -0.3 is 5.73 Å². The third kappa shape index (κ3) is 6.49. The van der Waals surface area contributed by atoms with Gasteiger partial charge in [-0.05, 0) is 86.4 Å². The molecular formula is C37H37N11. The maximum atomic E-state index is 9.25. The Morgan fingerprint density at radius 3 is 2.44 bits per heavy atom. The van der Waals surface area contributed by atoms with Crippen molar-refractivity contribution in [1.29, 1.82) is 5.26 Å². The molecule has 2 saturated heterocycles. The van der Waals surface area contributed by atoms with E-state index < -0.39 is 0 Å². The van der Waals surface area contributed by atoms with Crippen LogP contribution in [-0.2, 0) is 6.54 Å². The van der Waals surface area contributed by atoms with Crippen LogP contribution in [0, 0.1) is 16.7 Å². The minimum atomic E-state index is 0.135. The SMILES string of the molecule is C=NC=N/C(C#N)=N\CN1CCC2(CCN(Cc3ccc(-n4c(-c5cccnc5N)nc5ccc(-c6ccccc6)nc54)cc3)CC2)C1. The second-order valence-electron chi connectivity index (χ2n) is 12.5. The summed E-state index contributed by atoms with van der Waals surface area (Å²) in [4.78, 5) is 31.1. The van der Waals surface area contributed by atoms with E-state index in [1.165, 1.54) is 11.9 Å². The fraction of sp³-hybridized carbons (Fsp3) is 0.270. The quantitative estimate of drug-likeness (QED) is 0.172. The molecule has 2 aromatic carbocycles. The van der Waals surface area contributed by atoms with Gasteiger partial charge in [-0.3, -0.25) is 19.4 Å². The number of nitrogen functional groups attached to an aromatic ring is 1. The van der Waals surface area contributed by atoms with E-state index in [0.717, 1.165) is 85.7 Å². The van der Waals surface area contributed by atoms with Gasteiger partial charge in [-0.25, -0.2) is 24.9 Å². The molecule has 11 nitrogen and oxygen atoms in total. The van der Waals surface area contributed by atoms with Crippen LogP contribution in [0.15, 0.2) is 100 Å². The Bertz CT molecular complexity index is 2010. The Kier molecular flexibility index (Phi) is 8.83. The van der Waals surface area contributed by atoms with Crippen LogP contribution in [0.25, 0.3) is 39.5 Å². The van der Waals surface area contributed by atoms with Gasteiger partial charge in [0, 0.05) is 37.1 Å². The molecule has 1 spiro atoms. The first kappa shape index (κ1) is 31.1. The number of amidine groups is 1. The highest BCUT2D eigenvalue weighted by atomic mass is 15.2. The fourth-order valence-corrected chi connectivity index (χ4v) is 6.88. The van der Waals surface area contributed by atoms with Gasteiger partial charge in [0.2, 0.25) is 5.84 Å². The average molecular weight is 636 g/mol. The number of fused-ring (bicyclic) bond motifs is 1. The van der Waals surface area contributed by atoms with Crippen LogP contribution in [0.2, 0.25) is 0 Å². The number of anilines is 1. The van der Waals surface area contributed by atoms with Crippen LogP contribution in [0.1, 0.15) is 24.8 Å². The van der Waals surface area contributed by atoms with Crippen molar-refractivity contribution in [2.24, 2.45) is 20.4 Å². The smallest absolute Gasteiger partial charge is 0.230 e. The van der Waals surface area contributed by atoms with Crippen molar-refractivity contribution in [3.05, 3.63) is 90.6 Å². The summed E-state index contributed by atoms with van der Waals surface area (Å²) < 4.78 is 2.09. The number of likely N-dealkylation sites (tertiary alicyclic amines) is 2. The summed E-state index contributed by atoms with van der Waals surface area (Å²) in [5, 5.41) is 9.25. The molecule has 2 N–H and O–H groups in total. The lowest BCUT2D eigenvalue weighted by Gasteiger charge is -2.39. The van der Waals surface area contributed by atoms with Gasteiger partial charge in [-0.1, -0.05) is 42.5 Å². The van der Waals surface area contributed by atoms with Crippen LogP contribution < -0.4 is 5.73 Å². The molecule has 7 rings (SSSR count). The first-order valence-electron chi connectivity index (χ1n) is 16.2. The van der Waals surface area contributed by atoms with Crippen molar-refractivity contribution in [2.45, 2.75) is 25.8 Å².